The summed E-state index contributed by atoms with van der Waals surface area (Å²) in [7, 11) is 1.71. The van der Waals surface area contributed by atoms with E-state index in [-0.39, 0.29) is 29.2 Å². The number of piperidine rings is 1. The molecular formula is C35H44N6O4S. The van der Waals surface area contributed by atoms with Crippen LogP contribution < -0.4 is 14.8 Å². The van der Waals surface area contributed by atoms with E-state index in [1.54, 1.807) is 37.7 Å². The molecule has 11 heteroatoms. The maximum absolute atomic E-state index is 11.4. The molecule has 4 rings (SSSR count). The molecular weight excluding hydrogens is 600 g/mol. The zero-order chi connectivity index (χ0) is 33.3. The van der Waals surface area contributed by atoms with E-state index in [4.69, 9.17) is 14.5 Å². The van der Waals surface area contributed by atoms with Crippen LogP contribution in [0.1, 0.15) is 62.0 Å². The van der Waals surface area contributed by atoms with Gasteiger partial charge in [0, 0.05) is 41.9 Å². The smallest absolute Gasteiger partial charge is 0.335 e. The first kappa shape index (κ1) is 34.6. The van der Waals surface area contributed by atoms with Crippen molar-refractivity contribution >= 4 is 36.3 Å². The van der Waals surface area contributed by atoms with Crippen LogP contribution in [0.3, 0.4) is 0 Å². The molecule has 0 amide bonds. The predicted molar refractivity (Wildman–Crippen MR) is 186 cm³/mol. The van der Waals surface area contributed by atoms with Crippen molar-refractivity contribution in [2.45, 2.75) is 77.5 Å². The summed E-state index contributed by atoms with van der Waals surface area (Å²) in [6.45, 7) is 12.9. The van der Waals surface area contributed by atoms with Crippen molar-refractivity contribution in [2.24, 2.45) is 15.4 Å². The van der Waals surface area contributed by atoms with E-state index in [2.05, 4.69) is 64.8 Å². The molecule has 0 radical (unpaired) electrons. The van der Waals surface area contributed by atoms with Crippen LogP contribution in [-0.4, -0.2) is 65.3 Å². The number of carboxylic acids is 1. The summed E-state index contributed by atoms with van der Waals surface area (Å²) in [6.07, 6.45) is 7.24. The Balaban J connectivity index is 1.54. The summed E-state index contributed by atoms with van der Waals surface area (Å²) in [4.78, 5) is 30.3. The van der Waals surface area contributed by atoms with Crippen LogP contribution in [0.5, 0.6) is 5.88 Å². The first-order chi connectivity index (χ1) is 21.9. The number of allylic oxidation sites excluding steroid dienone is 1. The minimum absolute atomic E-state index is 0.0183. The zero-order valence-electron chi connectivity index (χ0n) is 27.6. The molecule has 3 aromatic rings. The lowest BCUT2D eigenvalue weighted by molar-refractivity contribution is 0.0696. The first-order valence-corrected chi connectivity index (χ1v) is 16.2. The second-order valence-corrected chi connectivity index (χ2v) is 13.1. The van der Waals surface area contributed by atoms with Gasteiger partial charge in [0.25, 0.3) is 0 Å². The summed E-state index contributed by atoms with van der Waals surface area (Å²) < 4.78 is 15.4. The van der Waals surface area contributed by atoms with Crippen molar-refractivity contribution in [1.29, 1.82) is 0 Å². The van der Waals surface area contributed by atoms with Crippen LogP contribution >= 0.6 is 11.9 Å². The Labute approximate surface area is 276 Å². The topological polar surface area (TPSA) is 130 Å². The number of hydrogen-bond acceptors (Lipinski definition) is 10. The van der Waals surface area contributed by atoms with E-state index in [0.29, 0.717) is 24.2 Å². The van der Waals surface area contributed by atoms with Gasteiger partial charge in [-0.3, -0.25) is 14.7 Å². The van der Waals surface area contributed by atoms with Gasteiger partial charge in [-0.15, -0.1) is 0 Å². The lowest BCUT2D eigenvalue weighted by atomic mass is 9.76. The van der Waals surface area contributed by atoms with Crippen LogP contribution in [0.4, 0.5) is 5.95 Å². The molecule has 2 unspecified atom stereocenters. The Morgan fingerprint density at radius 1 is 1.17 bits per heavy atom. The number of aromatic nitrogens is 2. The average Bonchev–Trinajstić information content (AvgIpc) is 3.00. The van der Waals surface area contributed by atoms with Gasteiger partial charge < -0.3 is 19.9 Å². The fourth-order valence-corrected chi connectivity index (χ4v) is 5.86. The Kier molecular flexibility index (Phi) is 11.9. The SMILES string of the molecule is C\N=C/C(=C\N=C\C1CCC(C)(C)C(COc2cc(-c3c(C)cccc3C)nc(NSc3cccc(C(=O)O)c3)n2)N1)OC(C)C. The molecule has 46 heavy (non-hydrogen) atoms. The summed E-state index contributed by atoms with van der Waals surface area (Å²) in [5.74, 6) is 0.446. The fraction of sp³-hybridized carbons (Fsp3) is 0.400. The molecule has 2 aromatic carbocycles. The molecule has 2 heterocycles. The maximum atomic E-state index is 11.4. The molecule has 0 aliphatic carbocycles. The van der Waals surface area contributed by atoms with Gasteiger partial charge in [-0.25, -0.2) is 9.78 Å². The van der Waals surface area contributed by atoms with E-state index in [1.807, 2.05) is 38.3 Å². The van der Waals surface area contributed by atoms with Crippen LogP contribution in [-0.2, 0) is 4.74 Å². The maximum Gasteiger partial charge on any atom is 0.335 e. The van der Waals surface area contributed by atoms with Gasteiger partial charge >= 0.3 is 5.97 Å². The normalized spacial score (nSPS) is 18.3. The number of aromatic carboxylic acids is 1. The molecule has 1 saturated heterocycles. The predicted octanol–water partition coefficient (Wildman–Crippen LogP) is 7.14. The molecule has 0 saturated carbocycles. The minimum Gasteiger partial charge on any atom is -0.488 e. The number of nitrogens with zero attached hydrogens (tertiary/aromatic N) is 4. The lowest BCUT2D eigenvalue weighted by Gasteiger charge is -2.42. The highest BCUT2D eigenvalue weighted by molar-refractivity contribution is 8.00. The Morgan fingerprint density at radius 2 is 1.91 bits per heavy atom. The molecule has 10 nitrogen and oxygen atoms in total. The van der Waals surface area contributed by atoms with Crippen LogP contribution in [0.15, 0.2) is 75.4 Å². The minimum atomic E-state index is -0.980. The third kappa shape index (κ3) is 9.64. The highest BCUT2D eigenvalue weighted by Crippen LogP contribution is 2.34. The molecule has 2 atom stereocenters. The Bertz CT molecular complexity index is 1580. The largest absolute Gasteiger partial charge is 0.488 e. The van der Waals surface area contributed by atoms with Gasteiger partial charge in [0.05, 0.1) is 29.8 Å². The van der Waals surface area contributed by atoms with E-state index in [0.717, 1.165) is 40.1 Å². The second-order valence-electron chi connectivity index (χ2n) is 12.3. The van der Waals surface area contributed by atoms with Crippen LogP contribution in [0, 0.1) is 19.3 Å². The molecule has 0 spiro atoms. The number of rotatable bonds is 13. The Morgan fingerprint density at radius 3 is 2.61 bits per heavy atom. The van der Waals surface area contributed by atoms with Gasteiger partial charge in [-0.2, -0.15) is 4.98 Å². The number of anilines is 1. The van der Waals surface area contributed by atoms with Crippen molar-refractivity contribution < 1.29 is 19.4 Å². The quantitative estimate of drug-likeness (QED) is 0.101. The third-order valence-electron chi connectivity index (χ3n) is 7.73. The first-order valence-electron chi connectivity index (χ1n) is 15.4. The van der Waals surface area contributed by atoms with Crippen molar-refractivity contribution in [2.75, 3.05) is 18.4 Å². The number of nitrogens with one attached hydrogen (secondary N) is 2. The molecule has 1 aliphatic heterocycles. The molecule has 1 aliphatic rings. The number of benzene rings is 2. The lowest BCUT2D eigenvalue weighted by Crippen LogP contribution is -2.55. The summed E-state index contributed by atoms with van der Waals surface area (Å²) in [5.41, 5.74) is 4.14. The van der Waals surface area contributed by atoms with Gasteiger partial charge in [0.15, 0.2) is 5.76 Å². The van der Waals surface area contributed by atoms with E-state index in [1.165, 1.54) is 11.9 Å². The highest BCUT2D eigenvalue weighted by atomic mass is 32.2. The van der Waals surface area contributed by atoms with E-state index in [9.17, 15) is 9.90 Å². The van der Waals surface area contributed by atoms with Crippen molar-refractivity contribution in [1.82, 2.24) is 15.3 Å². The van der Waals surface area contributed by atoms with Crippen LogP contribution in [0.25, 0.3) is 11.3 Å². The molecule has 244 valence electrons. The number of aryl methyl sites for hydroxylation is 2. The number of aliphatic imine (C=N–C) groups is 2. The molecule has 3 N–H and O–H groups in total. The number of hydrogen-bond donors (Lipinski definition) is 3. The Hall–Kier alpha value is -4.22. The molecule has 1 fully saturated rings. The van der Waals surface area contributed by atoms with Crippen molar-refractivity contribution in [3.05, 3.63) is 77.2 Å². The standard InChI is InChI=1S/C35H44N6O4S/c1-22(2)45-27(19-36-7)20-37-18-26-14-15-35(5,6)30(38-26)21-44-31-17-29(32-23(3)10-8-11-24(32)4)39-34(40-31)41-46-28-13-9-12-25(16-28)33(42)43/h8-13,16-20,22,26,30,38H,14-15,21H2,1-7H3,(H,42,43)(H,39,40,41)/b27-20+,36-19-,37-18+. The average molecular weight is 645 g/mol. The van der Waals surface area contributed by atoms with Crippen molar-refractivity contribution in [3.63, 3.8) is 0 Å². The van der Waals surface area contributed by atoms with Crippen LogP contribution in [0.2, 0.25) is 0 Å². The zero-order valence-corrected chi connectivity index (χ0v) is 28.4. The van der Waals surface area contributed by atoms with Gasteiger partial charge in [0.1, 0.15) is 6.61 Å². The number of ether oxygens (including phenoxy) is 2. The second kappa shape index (κ2) is 15.9. The van der Waals surface area contributed by atoms with E-state index >= 15 is 0 Å². The third-order valence-corrected chi connectivity index (χ3v) is 8.51. The van der Waals surface area contributed by atoms with Gasteiger partial charge in [0.2, 0.25) is 11.8 Å². The van der Waals surface area contributed by atoms with Gasteiger partial charge in [-0.1, -0.05) is 38.1 Å². The fourth-order valence-electron chi connectivity index (χ4n) is 5.23. The molecule has 1 aromatic heterocycles. The highest BCUT2D eigenvalue weighted by Gasteiger charge is 2.36. The number of carboxylic acid groups (broad SMARTS) is 1. The molecule has 0 bridgehead atoms. The summed E-state index contributed by atoms with van der Waals surface area (Å²) in [6, 6.07) is 14.8. The van der Waals surface area contributed by atoms with Gasteiger partial charge in [-0.05, 0) is 87.2 Å². The summed E-state index contributed by atoms with van der Waals surface area (Å²) >= 11 is 1.25. The monoisotopic (exact) mass is 644 g/mol. The van der Waals surface area contributed by atoms with Crippen molar-refractivity contribution in [3.8, 4) is 17.1 Å². The summed E-state index contributed by atoms with van der Waals surface area (Å²) in [5, 5.41) is 13.1. The number of carbonyl (C=O) groups is 1. The van der Waals surface area contributed by atoms with E-state index < -0.39 is 5.97 Å².